The van der Waals surface area contributed by atoms with Gasteiger partial charge in [-0.25, -0.2) is 4.79 Å². The van der Waals surface area contributed by atoms with Crippen LogP contribution < -0.4 is 0 Å². The summed E-state index contributed by atoms with van der Waals surface area (Å²) in [4.78, 5) is 26.8. The number of amides is 1. The normalized spacial score (nSPS) is 22.1. The average Bonchev–Trinajstić information content (AvgIpc) is 2.75. The van der Waals surface area contributed by atoms with E-state index in [0.29, 0.717) is 19.5 Å². The molecule has 0 bridgehead atoms. The van der Waals surface area contributed by atoms with Crippen molar-refractivity contribution >= 4 is 11.9 Å². The lowest BCUT2D eigenvalue weighted by molar-refractivity contribution is -0.155. The first-order chi connectivity index (χ1) is 8.91. The molecule has 5 nitrogen and oxygen atoms in total. The number of nitrogens with zero attached hydrogens (tertiary/aromatic N) is 2. The van der Waals surface area contributed by atoms with Gasteiger partial charge in [0.25, 0.3) is 0 Å². The van der Waals surface area contributed by atoms with E-state index in [0.717, 1.165) is 19.4 Å². The fourth-order valence-electron chi connectivity index (χ4n) is 2.36. The maximum Gasteiger partial charge on any atom is 0.329 e. The van der Waals surface area contributed by atoms with Gasteiger partial charge in [0.1, 0.15) is 5.54 Å². The molecule has 1 fully saturated rings. The highest BCUT2D eigenvalue weighted by Gasteiger charge is 2.45. The van der Waals surface area contributed by atoms with Crippen molar-refractivity contribution < 1.29 is 14.7 Å². The maximum atomic E-state index is 12.1. The van der Waals surface area contributed by atoms with Crippen LogP contribution >= 0.6 is 0 Å². The molecule has 1 aliphatic heterocycles. The third-order valence-electron chi connectivity index (χ3n) is 3.41. The average molecular weight is 272 g/mol. The predicted octanol–water partition coefficient (Wildman–Crippen LogP) is 1.82. The topological polar surface area (TPSA) is 60.9 Å². The minimum Gasteiger partial charge on any atom is -0.480 e. The van der Waals surface area contributed by atoms with E-state index in [2.05, 4.69) is 6.92 Å². The number of hydrogen-bond donors (Lipinski definition) is 1. The van der Waals surface area contributed by atoms with Gasteiger partial charge in [-0.1, -0.05) is 20.8 Å². The summed E-state index contributed by atoms with van der Waals surface area (Å²) < 4.78 is 0. The Balaban J connectivity index is 0.00000154. The summed E-state index contributed by atoms with van der Waals surface area (Å²) in [5, 5.41) is 9.22. The Morgan fingerprint density at radius 3 is 2.42 bits per heavy atom. The first kappa shape index (κ1) is 17.9. The molecule has 1 heterocycles. The zero-order valence-corrected chi connectivity index (χ0v) is 12.9. The lowest BCUT2D eigenvalue weighted by Crippen LogP contribution is -2.53. The van der Waals surface area contributed by atoms with Gasteiger partial charge in [-0.3, -0.25) is 9.69 Å². The lowest BCUT2D eigenvalue weighted by atomic mass is 9.99. The second-order valence-corrected chi connectivity index (χ2v) is 4.97. The molecule has 19 heavy (non-hydrogen) atoms. The standard InChI is InChI=1S/C12H22N2O3.C2H6/c1-4-7-13(3)9-10(15)14-8-5-6-12(14,2)11(16)17;1-2/h4-9H2,1-3H3,(H,16,17);1-2H3/t12-;/m0./s1. The van der Waals surface area contributed by atoms with Crippen molar-refractivity contribution in [1.82, 2.24) is 9.80 Å². The third-order valence-corrected chi connectivity index (χ3v) is 3.41. The summed E-state index contributed by atoms with van der Waals surface area (Å²) in [5.74, 6) is -0.982. The van der Waals surface area contributed by atoms with Crippen molar-refractivity contribution in [2.45, 2.75) is 52.5 Å². The van der Waals surface area contributed by atoms with Crippen LogP contribution in [0.2, 0.25) is 0 Å². The van der Waals surface area contributed by atoms with Crippen molar-refractivity contribution in [3.8, 4) is 0 Å². The van der Waals surface area contributed by atoms with Crippen molar-refractivity contribution in [2.75, 3.05) is 26.7 Å². The molecule has 1 saturated heterocycles. The van der Waals surface area contributed by atoms with Crippen LogP contribution in [0, 0.1) is 0 Å². The summed E-state index contributed by atoms with van der Waals surface area (Å²) in [6.07, 6.45) is 2.30. The molecule has 1 atom stereocenters. The zero-order valence-electron chi connectivity index (χ0n) is 12.9. The molecule has 5 heteroatoms. The predicted molar refractivity (Wildman–Crippen MR) is 76.1 cm³/mol. The van der Waals surface area contributed by atoms with Gasteiger partial charge in [-0.2, -0.15) is 0 Å². The molecular weight excluding hydrogens is 244 g/mol. The number of likely N-dealkylation sites (N-methyl/N-ethyl adjacent to an activating group) is 1. The zero-order chi connectivity index (χ0) is 15.1. The Labute approximate surface area is 116 Å². The van der Waals surface area contributed by atoms with Gasteiger partial charge < -0.3 is 10.0 Å². The van der Waals surface area contributed by atoms with Crippen LogP contribution in [0.15, 0.2) is 0 Å². The molecular formula is C14H28N2O3. The van der Waals surface area contributed by atoms with E-state index in [1.54, 1.807) is 6.92 Å². The molecule has 0 spiro atoms. The van der Waals surface area contributed by atoms with E-state index in [9.17, 15) is 14.7 Å². The fourth-order valence-corrected chi connectivity index (χ4v) is 2.36. The summed E-state index contributed by atoms with van der Waals surface area (Å²) in [5.41, 5.74) is -1.01. The number of likely N-dealkylation sites (tertiary alicyclic amines) is 1. The van der Waals surface area contributed by atoms with E-state index >= 15 is 0 Å². The van der Waals surface area contributed by atoms with Crippen LogP contribution in [0.25, 0.3) is 0 Å². The first-order valence-corrected chi connectivity index (χ1v) is 7.14. The molecule has 0 unspecified atom stereocenters. The van der Waals surface area contributed by atoms with Crippen molar-refractivity contribution in [3.63, 3.8) is 0 Å². The van der Waals surface area contributed by atoms with Crippen LogP contribution in [-0.2, 0) is 9.59 Å². The summed E-state index contributed by atoms with van der Waals surface area (Å²) >= 11 is 0. The van der Waals surface area contributed by atoms with Crippen molar-refractivity contribution in [1.29, 1.82) is 0 Å². The minimum atomic E-state index is -1.01. The Morgan fingerprint density at radius 2 is 1.95 bits per heavy atom. The molecule has 1 aliphatic rings. The van der Waals surface area contributed by atoms with Crippen molar-refractivity contribution in [3.05, 3.63) is 0 Å². The van der Waals surface area contributed by atoms with Gasteiger partial charge in [0.15, 0.2) is 0 Å². The Hall–Kier alpha value is -1.10. The van der Waals surface area contributed by atoms with Gasteiger partial charge in [0.2, 0.25) is 5.91 Å². The van der Waals surface area contributed by atoms with Crippen LogP contribution in [0.5, 0.6) is 0 Å². The number of aliphatic carboxylic acids is 1. The second kappa shape index (κ2) is 8.15. The number of carboxylic acid groups (broad SMARTS) is 1. The van der Waals surface area contributed by atoms with Gasteiger partial charge in [0, 0.05) is 6.54 Å². The lowest BCUT2D eigenvalue weighted by Gasteiger charge is -2.32. The molecule has 1 rings (SSSR count). The monoisotopic (exact) mass is 272 g/mol. The number of rotatable bonds is 5. The number of hydrogen-bond acceptors (Lipinski definition) is 3. The summed E-state index contributed by atoms with van der Waals surface area (Å²) in [7, 11) is 1.88. The van der Waals surface area contributed by atoms with E-state index in [-0.39, 0.29) is 5.91 Å². The van der Waals surface area contributed by atoms with Crippen LogP contribution in [0.3, 0.4) is 0 Å². The van der Waals surface area contributed by atoms with Crippen LogP contribution in [0.1, 0.15) is 47.0 Å². The molecule has 0 radical (unpaired) electrons. The SMILES string of the molecule is CC.CCCN(C)CC(=O)N1CCC[C@@]1(C)C(=O)O. The molecule has 0 aromatic rings. The molecule has 0 aromatic heterocycles. The van der Waals surface area contributed by atoms with Crippen LogP contribution in [0.4, 0.5) is 0 Å². The summed E-state index contributed by atoms with van der Waals surface area (Å²) in [6.45, 7) is 9.40. The highest BCUT2D eigenvalue weighted by atomic mass is 16.4. The molecule has 0 saturated carbocycles. The number of carbonyl (C=O) groups is 2. The Morgan fingerprint density at radius 1 is 1.37 bits per heavy atom. The second-order valence-electron chi connectivity index (χ2n) is 4.97. The highest BCUT2D eigenvalue weighted by molar-refractivity contribution is 5.88. The molecule has 1 amide bonds. The smallest absolute Gasteiger partial charge is 0.329 e. The van der Waals surface area contributed by atoms with Crippen LogP contribution in [-0.4, -0.2) is 59.0 Å². The van der Waals surface area contributed by atoms with E-state index in [4.69, 9.17) is 0 Å². The highest BCUT2D eigenvalue weighted by Crippen LogP contribution is 2.29. The number of carboxylic acids is 1. The van der Waals surface area contributed by atoms with E-state index in [1.807, 2.05) is 25.8 Å². The molecule has 1 N–H and O–H groups in total. The van der Waals surface area contributed by atoms with Gasteiger partial charge in [0.05, 0.1) is 6.54 Å². The number of carbonyl (C=O) groups excluding carboxylic acids is 1. The van der Waals surface area contributed by atoms with Crippen molar-refractivity contribution in [2.24, 2.45) is 0 Å². The maximum absolute atomic E-state index is 12.1. The molecule has 112 valence electrons. The quantitative estimate of drug-likeness (QED) is 0.829. The van der Waals surface area contributed by atoms with Gasteiger partial charge in [-0.15, -0.1) is 0 Å². The Bertz CT molecular complexity index is 307. The fraction of sp³-hybridized carbons (Fsp3) is 0.857. The Kier molecular flexibility index (Phi) is 7.68. The first-order valence-electron chi connectivity index (χ1n) is 7.14. The third kappa shape index (κ3) is 4.49. The minimum absolute atomic E-state index is 0.0802. The van der Waals surface area contributed by atoms with Gasteiger partial charge in [-0.05, 0) is 39.8 Å². The molecule has 0 aliphatic carbocycles. The van der Waals surface area contributed by atoms with Gasteiger partial charge >= 0.3 is 5.97 Å². The largest absolute Gasteiger partial charge is 0.480 e. The molecule has 0 aromatic carbocycles. The summed E-state index contributed by atoms with van der Waals surface area (Å²) in [6, 6.07) is 0. The van der Waals surface area contributed by atoms with E-state index < -0.39 is 11.5 Å². The van der Waals surface area contributed by atoms with E-state index in [1.165, 1.54) is 4.90 Å².